The van der Waals surface area contributed by atoms with Crippen LogP contribution in [-0.2, 0) is 16.1 Å². The first kappa shape index (κ1) is 23.2. The number of anilines is 1. The average molecular weight is 403 g/mol. The van der Waals surface area contributed by atoms with E-state index in [0.29, 0.717) is 24.3 Å². The predicted molar refractivity (Wildman–Crippen MR) is 120 cm³/mol. The number of ether oxygens (including phenoxy) is 1. The van der Waals surface area contributed by atoms with Gasteiger partial charge in [0.25, 0.3) is 0 Å². The molecule has 0 spiro atoms. The fourth-order valence-electron chi connectivity index (χ4n) is 3.98. The lowest BCUT2D eigenvalue weighted by molar-refractivity contribution is -0.116. The van der Waals surface area contributed by atoms with E-state index in [1.807, 2.05) is 32.0 Å². The van der Waals surface area contributed by atoms with Gasteiger partial charge in [-0.1, -0.05) is 38.8 Å². The van der Waals surface area contributed by atoms with Crippen LogP contribution in [0, 0.1) is 11.3 Å². The third-order valence-corrected chi connectivity index (χ3v) is 5.62. The Kier molecular flexibility index (Phi) is 9.45. The first-order valence-corrected chi connectivity index (χ1v) is 10.8. The van der Waals surface area contributed by atoms with Gasteiger partial charge in [0.2, 0.25) is 5.91 Å². The molecule has 162 valence electrons. The third kappa shape index (κ3) is 8.05. The molecule has 1 fully saturated rings. The number of methoxy groups -OCH3 is 1. The van der Waals surface area contributed by atoms with E-state index in [-0.39, 0.29) is 5.91 Å². The van der Waals surface area contributed by atoms with E-state index < -0.39 is 0 Å². The van der Waals surface area contributed by atoms with Gasteiger partial charge in [-0.05, 0) is 48.3 Å². The molecule has 0 aromatic heterocycles. The molecule has 6 heteroatoms. The zero-order chi connectivity index (χ0) is 21.1. The van der Waals surface area contributed by atoms with Crippen molar-refractivity contribution in [3.8, 4) is 0 Å². The molecule has 1 aromatic carbocycles. The highest BCUT2D eigenvalue weighted by Gasteiger charge is 2.33. The molecule has 0 unspecified atom stereocenters. The maximum absolute atomic E-state index is 12.0. The lowest BCUT2D eigenvalue weighted by atomic mass is 9.83. The normalized spacial score (nSPS) is 16.1. The van der Waals surface area contributed by atoms with Crippen LogP contribution in [0.15, 0.2) is 29.3 Å². The van der Waals surface area contributed by atoms with Gasteiger partial charge in [-0.25, -0.2) is 0 Å². The summed E-state index contributed by atoms with van der Waals surface area (Å²) in [7, 11) is 3.57. The van der Waals surface area contributed by atoms with E-state index in [0.717, 1.165) is 36.8 Å². The third-order valence-electron chi connectivity index (χ3n) is 5.62. The molecule has 0 atom stereocenters. The Labute approximate surface area is 175 Å². The molecule has 1 aliphatic rings. The number of hydrogen-bond donors (Lipinski definition) is 3. The molecule has 2 rings (SSSR count). The van der Waals surface area contributed by atoms with Crippen molar-refractivity contribution in [3.05, 3.63) is 29.8 Å². The summed E-state index contributed by atoms with van der Waals surface area (Å²) in [5, 5.41) is 9.88. The van der Waals surface area contributed by atoms with E-state index in [1.165, 1.54) is 25.7 Å². The van der Waals surface area contributed by atoms with Crippen molar-refractivity contribution in [2.75, 3.05) is 32.6 Å². The minimum atomic E-state index is 0.0560. The van der Waals surface area contributed by atoms with Crippen LogP contribution in [0.3, 0.4) is 0 Å². The first-order valence-electron chi connectivity index (χ1n) is 10.8. The summed E-state index contributed by atoms with van der Waals surface area (Å²) in [5.74, 6) is 1.21. The summed E-state index contributed by atoms with van der Waals surface area (Å²) in [5.41, 5.74) is 2.25. The Bertz CT molecular complexity index is 667. The topological polar surface area (TPSA) is 74.8 Å². The quantitative estimate of drug-likeness (QED) is 0.409. The lowest BCUT2D eigenvalue weighted by Gasteiger charge is -2.30. The van der Waals surface area contributed by atoms with Crippen LogP contribution in [0.1, 0.15) is 57.9 Å². The minimum Gasteiger partial charge on any atom is -0.385 e. The lowest BCUT2D eigenvalue weighted by Crippen LogP contribution is -2.43. The Hall–Kier alpha value is -2.08. The first-order chi connectivity index (χ1) is 14.0. The van der Waals surface area contributed by atoms with Crippen LogP contribution in [0.25, 0.3) is 0 Å². The maximum atomic E-state index is 12.0. The zero-order valence-corrected chi connectivity index (χ0v) is 18.5. The fraction of sp³-hybridized carbons (Fsp3) is 0.652. The molecule has 3 N–H and O–H groups in total. The minimum absolute atomic E-state index is 0.0560. The largest absolute Gasteiger partial charge is 0.385 e. The number of carbonyl (C=O) groups is 1. The van der Waals surface area contributed by atoms with Crippen LogP contribution >= 0.6 is 0 Å². The molecule has 0 radical (unpaired) electrons. The van der Waals surface area contributed by atoms with Crippen molar-refractivity contribution >= 4 is 17.6 Å². The molecular formula is C23H38N4O2. The molecule has 1 amide bonds. The van der Waals surface area contributed by atoms with Crippen molar-refractivity contribution in [2.24, 2.45) is 16.3 Å². The van der Waals surface area contributed by atoms with Gasteiger partial charge in [0, 0.05) is 46.0 Å². The molecule has 1 aromatic rings. The number of carbonyl (C=O) groups excluding carboxylic acids is 1. The summed E-state index contributed by atoms with van der Waals surface area (Å²) in [6, 6.07) is 7.95. The molecule has 0 heterocycles. The Balaban J connectivity index is 1.85. The monoisotopic (exact) mass is 402 g/mol. The number of guanidine groups is 1. The van der Waals surface area contributed by atoms with Gasteiger partial charge in [0.1, 0.15) is 0 Å². The molecule has 6 nitrogen and oxygen atoms in total. The standard InChI is InChI=1S/C23H38N4O2/c1-18(2)14-21(28)27-20-9-7-8-19(15-20)16-25-22(24-3)26-17-23(12-13-29-4)10-5-6-11-23/h7-9,15,18H,5-6,10-14,16-17H2,1-4H3,(H,27,28)(H2,24,25,26). The van der Waals surface area contributed by atoms with Crippen LogP contribution in [0.4, 0.5) is 5.69 Å². The maximum Gasteiger partial charge on any atom is 0.224 e. The number of amides is 1. The van der Waals surface area contributed by atoms with Crippen LogP contribution in [0.5, 0.6) is 0 Å². The average Bonchev–Trinajstić information content (AvgIpc) is 3.15. The molecular weight excluding hydrogens is 364 g/mol. The van der Waals surface area contributed by atoms with E-state index in [9.17, 15) is 4.79 Å². The molecule has 1 aliphatic carbocycles. The van der Waals surface area contributed by atoms with E-state index in [2.05, 4.69) is 27.0 Å². The second-order valence-electron chi connectivity index (χ2n) is 8.58. The number of hydrogen-bond acceptors (Lipinski definition) is 3. The van der Waals surface area contributed by atoms with Crippen molar-refractivity contribution in [1.29, 1.82) is 0 Å². The summed E-state index contributed by atoms with van der Waals surface area (Å²) in [6.07, 6.45) is 6.71. The van der Waals surface area contributed by atoms with Crippen molar-refractivity contribution in [3.63, 3.8) is 0 Å². The Morgan fingerprint density at radius 2 is 2.00 bits per heavy atom. The van der Waals surface area contributed by atoms with Gasteiger partial charge in [-0.15, -0.1) is 0 Å². The number of nitrogens with one attached hydrogen (secondary N) is 3. The summed E-state index contributed by atoms with van der Waals surface area (Å²) in [4.78, 5) is 16.4. The molecule has 0 bridgehead atoms. The number of nitrogens with zero attached hydrogens (tertiary/aromatic N) is 1. The van der Waals surface area contributed by atoms with Crippen molar-refractivity contribution in [1.82, 2.24) is 10.6 Å². The number of benzene rings is 1. The molecule has 29 heavy (non-hydrogen) atoms. The summed E-state index contributed by atoms with van der Waals surface area (Å²) in [6.45, 7) is 6.47. The van der Waals surface area contributed by atoms with Gasteiger partial charge in [0.15, 0.2) is 5.96 Å². The van der Waals surface area contributed by atoms with Crippen molar-refractivity contribution < 1.29 is 9.53 Å². The Morgan fingerprint density at radius 1 is 1.24 bits per heavy atom. The second-order valence-corrected chi connectivity index (χ2v) is 8.58. The molecule has 0 saturated heterocycles. The van der Waals surface area contributed by atoms with E-state index in [4.69, 9.17) is 4.74 Å². The van der Waals surface area contributed by atoms with Gasteiger partial charge in [-0.3, -0.25) is 9.79 Å². The number of aliphatic imine (C=N–C) groups is 1. The van der Waals surface area contributed by atoms with Gasteiger partial charge < -0.3 is 20.7 Å². The zero-order valence-electron chi connectivity index (χ0n) is 18.5. The highest BCUT2D eigenvalue weighted by Crippen LogP contribution is 2.40. The van der Waals surface area contributed by atoms with E-state index >= 15 is 0 Å². The molecule has 0 aliphatic heterocycles. The summed E-state index contributed by atoms with van der Waals surface area (Å²) >= 11 is 0. The van der Waals surface area contributed by atoms with Gasteiger partial charge in [-0.2, -0.15) is 0 Å². The fourth-order valence-corrected chi connectivity index (χ4v) is 3.98. The van der Waals surface area contributed by atoms with Gasteiger partial charge >= 0.3 is 0 Å². The van der Waals surface area contributed by atoms with Crippen LogP contribution in [0.2, 0.25) is 0 Å². The summed E-state index contributed by atoms with van der Waals surface area (Å²) < 4.78 is 5.32. The van der Waals surface area contributed by atoms with Crippen molar-refractivity contribution in [2.45, 2.75) is 58.9 Å². The highest BCUT2D eigenvalue weighted by molar-refractivity contribution is 5.90. The molecule has 1 saturated carbocycles. The predicted octanol–water partition coefficient (Wildman–Crippen LogP) is 3.93. The van der Waals surface area contributed by atoms with Gasteiger partial charge in [0.05, 0.1) is 0 Å². The van der Waals surface area contributed by atoms with Crippen LogP contribution < -0.4 is 16.0 Å². The van der Waals surface area contributed by atoms with Crippen LogP contribution in [-0.4, -0.2) is 39.2 Å². The Morgan fingerprint density at radius 3 is 2.66 bits per heavy atom. The second kappa shape index (κ2) is 11.8. The highest BCUT2D eigenvalue weighted by atomic mass is 16.5. The smallest absolute Gasteiger partial charge is 0.224 e. The number of rotatable bonds is 10. The SMILES string of the molecule is CN=C(NCc1cccc(NC(=O)CC(C)C)c1)NCC1(CCOC)CCCC1. The van der Waals surface area contributed by atoms with E-state index in [1.54, 1.807) is 14.2 Å².